The maximum absolute atomic E-state index is 9.03. The second kappa shape index (κ2) is 3.82. The van der Waals surface area contributed by atoms with Gasteiger partial charge in [0.25, 0.3) is 0 Å². The molecule has 0 spiro atoms. The molecular formula is C11H13N3O. The summed E-state index contributed by atoms with van der Waals surface area (Å²) < 4.78 is 1.91. The van der Waals surface area contributed by atoms with Crippen LogP contribution in [0.5, 0.6) is 0 Å². The van der Waals surface area contributed by atoms with Crippen molar-refractivity contribution in [1.29, 1.82) is 0 Å². The molecule has 0 unspecified atom stereocenters. The molecule has 0 fully saturated rings. The number of pyridine rings is 1. The van der Waals surface area contributed by atoms with Crippen molar-refractivity contribution in [2.24, 2.45) is 0 Å². The molecule has 0 aliphatic heterocycles. The van der Waals surface area contributed by atoms with E-state index in [0.29, 0.717) is 0 Å². The number of aliphatic hydroxyl groups is 1. The molecule has 1 N–H and O–H groups in total. The molecule has 2 heterocycles. The lowest BCUT2D eigenvalue weighted by Crippen LogP contribution is -1.99. The molecule has 78 valence electrons. The molecule has 0 saturated heterocycles. The van der Waals surface area contributed by atoms with Gasteiger partial charge in [-0.05, 0) is 31.5 Å². The van der Waals surface area contributed by atoms with E-state index < -0.39 is 0 Å². The predicted molar refractivity (Wildman–Crippen MR) is 56.8 cm³/mol. The zero-order valence-corrected chi connectivity index (χ0v) is 8.81. The van der Waals surface area contributed by atoms with Crippen LogP contribution in [0.3, 0.4) is 0 Å². The Morgan fingerprint density at radius 2 is 2.13 bits per heavy atom. The maximum atomic E-state index is 9.03. The molecule has 2 rings (SSSR count). The summed E-state index contributed by atoms with van der Waals surface area (Å²) in [6.45, 7) is 3.99. The van der Waals surface area contributed by atoms with Gasteiger partial charge in [-0.3, -0.25) is 4.57 Å². The van der Waals surface area contributed by atoms with Crippen molar-refractivity contribution in [2.45, 2.75) is 20.5 Å². The molecule has 0 bridgehead atoms. The lowest BCUT2D eigenvalue weighted by atomic mass is 10.3. The third kappa shape index (κ3) is 1.76. The van der Waals surface area contributed by atoms with Crippen LogP contribution in [0, 0.1) is 13.8 Å². The number of imidazole rings is 1. The van der Waals surface area contributed by atoms with Gasteiger partial charge in [-0.25, -0.2) is 9.97 Å². The van der Waals surface area contributed by atoms with Gasteiger partial charge in [-0.2, -0.15) is 0 Å². The Morgan fingerprint density at radius 3 is 2.73 bits per heavy atom. The molecule has 0 aliphatic carbocycles. The van der Waals surface area contributed by atoms with Crippen molar-refractivity contribution in [3.63, 3.8) is 0 Å². The SMILES string of the molecule is Cc1ncn(-c2cc(CO)ccn2)c1C. The number of rotatable bonds is 2. The van der Waals surface area contributed by atoms with E-state index in [9.17, 15) is 0 Å². The highest BCUT2D eigenvalue weighted by Crippen LogP contribution is 2.12. The third-order valence-electron chi connectivity index (χ3n) is 2.49. The Balaban J connectivity index is 2.49. The van der Waals surface area contributed by atoms with E-state index in [1.165, 1.54) is 0 Å². The van der Waals surface area contributed by atoms with Crippen LogP contribution in [-0.2, 0) is 6.61 Å². The van der Waals surface area contributed by atoms with E-state index in [4.69, 9.17) is 5.11 Å². The van der Waals surface area contributed by atoms with Gasteiger partial charge >= 0.3 is 0 Å². The summed E-state index contributed by atoms with van der Waals surface area (Å²) in [5.74, 6) is 0.791. The number of aryl methyl sites for hydroxylation is 1. The lowest BCUT2D eigenvalue weighted by molar-refractivity contribution is 0.281. The number of hydrogen-bond donors (Lipinski definition) is 1. The summed E-state index contributed by atoms with van der Waals surface area (Å²) in [6, 6.07) is 3.65. The average Bonchev–Trinajstić information content (AvgIpc) is 2.60. The smallest absolute Gasteiger partial charge is 0.138 e. The Morgan fingerprint density at radius 1 is 1.33 bits per heavy atom. The summed E-state index contributed by atoms with van der Waals surface area (Å²) in [5.41, 5.74) is 2.91. The first-order valence-electron chi connectivity index (χ1n) is 4.79. The minimum absolute atomic E-state index is 0.0300. The minimum atomic E-state index is 0.0300. The van der Waals surface area contributed by atoms with Gasteiger partial charge in [-0.15, -0.1) is 0 Å². The molecule has 0 amide bonds. The topological polar surface area (TPSA) is 50.9 Å². The Labute approximate surface area is 88.2 Å². The van der Waals surface area contributed by atoms with E-state index in [0.717, 1.165) is 22.8 Å². The molecule has 4 nitrogen and oxygen atoms in total. The molecule has 0 aliphatic rings. The van der Waals surface area contributed by atoms with Crippen molar-refractivity contribution in [2.75, 3.05) is 0 Å². The molecule has 0 saturated carbocycles. The second-order valence-electron chi connectivity index (χ2n) is 3.47. The number of hydrogen-bond acceptors (Lipinski definition) is 3. The molecule has 0 atom stereocenters. The molecular weight excluding hydrogens is 190 g/mol. The molecule has 0 radical (unpaired) electrons. The van der Waals surface area contributed by atoms with Crippen LogP contribution in [0.2, 0.25) is 0 Å². The van der Waals surface area contributed by atoms with Crippen LogP contribution in [0.4, 0.5) is 0 Å². The second-order valence-corrected chi connectivity index (χ2v) is 3.47. The first kappa shape index (κ1) is 9.86. The normalized spacial score (nSPS) is 10.6. The number of aliphatic hydroxyl groups excluding tert-OH is 1. The molecule has 4 heteroatoms. The fraction of sp³-hybridized carbons (Fsp3) is 0.273. The highest BCUT2D eigenvalue weighted by atomic mass is 16.3. The average molecular weight is 203 g/mol. The highest BCUT2D eigenvalue weighted by molar-refractivity contribution is 5.30. The van der Waals surface area contributed by atoms with E-state index in [2.05, 4.69) is 9.97 Å². The number of nitrogens with zero attached hydrogens (tertiary/aromatic N) is 3. The summed E-state index contributed by atoms with van der Waals surface area (Å²) >= 11 is 0. The standard InChI is InChI=1S/C11H13N3O/c1-8-9(2)14(7-13-8)11-5-10(6-15)3-4-12-11/h3-5,7,15H,6H2,1-2H3. The predicted octanol–water partition coefficient (Wildman–Crippen LogP) is 1.38. The molecule has 2 aromatic rings. The highest BCUT2D eigenvalue weighted by Gasteiger charge is 2.05. The minimum Gasteiger partial charge on any atom is -0.392 e. The summed E-state index contributed by atoms with van der Waals surface area (Å²) in [6.07, 6.45) is 3.43. The largest absolute Gasteiger partial charge is 0.392 e. The van der Waals surface area contributed by atoms with Gasteiger partial charge in [0.15, 0.2) is 0 Å². The zero-order chi connectivity index (χ0) is 10.8. The van der Waals surface area contributed by atoms with E-state index >= 15 is 0 Å². The van der Waals surface area contributed by atoms with Crippen LogP contribution in [0.15, 0.2) is 24.7 Å². The maximum Gasteiger partial charge on any atom is 0.138 e. The van der Waals surface area contributed by atoms with Crippen molar-refractivity contribution >= 4 is 0 Å². The van der Waals surface area contributed by atoms with Crippen LogP contribution in [0.1, 0.15) is 17.0 Å². The van der Waals surface area contributed by atoms with Crippen LogP contribution in [-0.4, -0.2) is 19.6 Å². The van der Waals surface area contributed by atoms with Crippen LogP contribution >= 0.6 is 0 Å². The van der Waals surface area contributed by atoms with E-state index in [1.807, 2.05) is 24.5 Å². The lowest BCUT2D eigenvalue weighted by Gasteiger charge is -2.05. The summed E-state index contributed by atoms with van der Waals surface area (Å²) in [7, 11) is 0. The van der Waals surface area contributed by atoms with Gasteiger partial charge < -0.3 is 5.11 Å². The van der Waals surface area contributed by atoms with Crippen molar-refractivity contribution in [1.82, 2.24) is 14.5 Å². The van der Waals surface area contributed by atoms with Crippen molar-refractivity contribution < 1.29 is 5.11 Å². The number of aromatic nitrogens is 3. The third-order valence-corrected chi connectivity index (χ3v) is 2.49. The molecule has 2 aromatic heterocycles. The van der Waals surface area contributed by atoms with Gasteiger partial charge in [0, 0.05) is 11.9 Å². The summed E-state index contributed by atoms with van der Waals surface area (Å²) in [5, 5.41) is 9.03. The fourth-order valence-electron chi connectivity index (χ4n) is 1.42. The van der Waals surface area contributed by atoms with Crippen molar-refractivity contribution in [3.8, 4) is 5.82 Å². The quantitative estimate of drug-likeness (QED) is 0.802. The first-order chi connectivity index (χ1) is 7.22. The monoisotopic (exact) mass is 203 g/mol. The molecule has 15 heavy (non-hydrogen) atoms. The van der Waals surface area contributed by atoms with Gasteiger partial charge in [0.1, 0.15) is 12.1 Å². The van der Waals surface area contributed by atoms with Gasteiger partial charge in [0.05, 0.1) is 12.3 Å². The van der Waals surface area contributed by atoms with E-state index in [-0.39, 0.29) is 6.61 Å². The van der Waals surface area contributed by atoms with Crippen LogP contribution < -0.4 is 0 Å². The zero-order valence-electron chi connectivity index (χ0n) is 8.81. The van der Waals surface area contributed by atoms with E-state index in [1.54, 1.807) is 18.6 Å². The Bertz CT molecular complexity index is 476. The Kier molecular flexibility index (Phi) is 2.51. The van der Waals surface area contributed by atoms with Gasteiger partial charge in [0.2, 0.25) is 0 Å². The van der Waals surface area contributed by atoms with Crippen LogP contribution in [0.25, 0.3) is 5.82 Å². The molecule has 0 aromatic carbocycles. The summed E-state index contributed by atoms with van der Waals surface area (Å²) in [4.78, 5) is 8.45. The van der Waals surface area contributed by atoms with Gasteiger partial charge in [-0.1, -0.05) is 0 Å². The van der Waals surface area contributed by atoms with Crippen molar-refractivity contribution in [3.05, 3.63) is 41.6 Å². The Hall–Kier alpha value is -1.68. The first-order valence-corrected chi connectivity index (χ1v) is 4.79. The fourth-order valence-corrected chi connectivity index (χ4v) is 1.42.